The largest absolute Gasteiger partial charge is 0.322 e. The van der Waals surface area contributed by atoms with Crippen LogP contribution < -0.4 is 16.0 Å². The molecule has 2 aliphatic carbocycles. The lowest BCUT2D eigenvalue weighted by atomic mass is 9.64. The molecule has 3 atom stereocenters. The number of pyridine rings is 1. The summed E-state index contributed by atoms with van der Waals surface area (Å²) in [5.41, 5.74) is 0.217. The van der Waals surface area contributed by atoms with Crippen molar-refractivity contribution >= 4 is 35.1 Å². The molecule has 0 radical (unpaired) electrons. The lowest BCUT2D eigenvalue weighted by molar-refractivity contribution is -0.126. The molecule has 3 unspecified atom stereocenters. The Balaban J connectivity index is 1.48. The van der Waals surface area contributed by atoms with Crippen molar-refractivity contribution in [1.82, 2.24) is 15.6 Å². The lowest BCUT2D eigenvalue weighted by Gasteiger charge is -2.42. The van der Waals surface area contributed by atoms with E-state index in [1.54, 1.807) is 36.5 Å². The van der Waals surface area contributed by atoms with Crippen LogP contribution in [-0.4, -0.2) is 28.4 Å². The van der Waals surface area contributed by atoms with Gasteiger partial charge in [0.15, 0.2) is 0 Å². The Labute approximate surface area is 172 Å². The number of imide groups is 1. The fourth-order valence-corrected chi connectivity index (χ4v) is 5.82. The highest BCUT2D eigenvalue weighted by molar-refractivity contribution is 6.32. The van der Waals surface area contributed by atoms with E-state index in [0.29, 0.717) is 28.7 Å². The summed E-state index contributed by atoms with van der Waals surface area (Å²) in [5.74, 6) is -0.222. The third kappa shape index (κ3) is 2.57. The van der Waals surface area contributed by atoms with E-state index in [-0.39, 0.29) is 11.8 Å². The van der Waals surface area contributed by atoms with E-state index < -0.39 is 17.0 Å². The molecular weight excluding hydrogens is 392 g/mol. The quantitative estimate of drug-likeness (QED) is 0.677. The topological polar surface area (TPSA) is 100 Å². The number of halogens is 1. The van der Waals surface area contributed by atoms with Gasteiger partial charge in [-0.3, -0.25) is 19.9 Å². The van der Waals surface area contributed by atoms with Gasteiger partial charge in [-0.1, -0.05) is 23.7 Å². The van der Waals surface area contributed by atoms with Crippen molar-refractivity contribution in [2.75, 3.05) is 5.32 Å². The summed E-state index contributed by atoms with van der Waals surface area (Å²) >= 11 is 6.66. The highest BCUT2D eigenvalue weighted by Crippen LogP contribution is 2.62. The molecule has 3 aliphatic rings. The highest BCUT2D eigenvalue weighted by atomic mass is 35.5. The zero-order valence-electron chi connectivity index (χ0n) is 15.5. The Hall–Kier alpha value is -2.93. The maximum atomic E-state index is 12.8. The minimum absolute atomic E-state index is 0.270. The van der Waals surface area contributed by atoms with Gasteiger partial charge in [0.05, 0.1) is 0 Å². The third-order valence-electron chi connectivity index (χ3n) is 6.61. The predicted octanol–water partition coefficient (Wildman–Crippen LogP) is 3.01. The van der Waals surface area contributed by atoms with Crippen molar-refractivity contribution < 1.29 is 14.4 Å². The number of urea groups is 1. The number of benzene rings is 1. The average Bonchev–Trinajstić information content (AvgIpc) is 3.34. The van der Waals surface area contributed by atoms with Crippen molar-refractivity contribution in [2.24, 2.45) is 5.92 Å². The summed E-state index contributed by atoms with van der Waals surface area (Å²) in [4.78, 5) is 41.1. The van der Waals surface area contributed by atoms with Crippen LogP contribution in [0.25, 0.3) is 0 Å². The number of fused-ring (bicyclic) bond motifs is 3. The minimum atomic E-state index is -0.949. The molecule has 3 N–H and O–H groups in total. The number of carbonyl (C=O) groups is 3. The summed E-state index contributed by atoms with van der Waals surface area (Å²) in [6, 6.07) is 10.0. The molecule has 1 aliphatic heterocycles. The molecule has 1 aromatic heterocycles. The van der Waals surface area contributed by atoms with Crippen LogP contribution in [0.2, 0.25) is 5.02 Å². The van der Waals surface area contributed by atoms with Gasteiger partial charge in [0.25, 0.3) is 11.8 Å². The Kier molecular flexibility index (Phi) is 3.93. The van der Waals surface area contributed by atoms with E-state index in [1.165, 1.54) is 0 Å². The standard InChI is InChI=1S/C21H19ClN4O3/c22-15-9-13(24-17(27)16-3-1-2-8-23-16)4-5-14(15)20-7-6-12(10-20)11-21(20)18(28)25-19(29)26-21/h1-5,8-9,12H,6-7,10-11H2,(H,24,27)(H2,25,26,28,29). The van der Waals surface area contributed by atoms with Crippen molar-refractivity contribution in [1.29, 1.82) is 0 Å². The first-order valence-corrected chi connectivity index (χ1v) is 9.97. The van der Waals surface area contributed by atoms with Gasteiger partial charge in [-0.25, -0.2) is 4.79 Å². The number of amides is 4. The van der Waals surface area contributed by atoms with Crippen LogP contribution in [0, 0.1) is 5.92 Å². The number of rotatable bonds is 3. The molecule has 7 nitrogen and oxygen atoms in total. The fourth-order valence-electron chi connectivity index (χ4n) is 5.46. The first-order chi connectivity index (χ1) is 13.9. The van der Waals surface area contributed by atoms with Gasteiger partial charge in [0, 0.05) is 22.3 Å². The van der Waals surface area contributed by atoms with Crippen LogP contribution >= 0.6 is 11.6 Å². The summed E-state index contributed by atoms with van der Waals surface area (Å²) < 4.78 is 0. The second-order valence-corrected chi connectivity index (χ2v) is 8.48. The molecule has 148 valence electrons. The van der Waals surface area contributed by atoms with Crippen LogP contribution in [0.15, 0.2) is 42.6 Å². The van der Waals surface area contributed by atoms with E-state index in [1.807, 2.05) is 6.07 Å². The number of anilines is 1. The van der Waals surface area contributed by atoms with Gasteiger partial charge in [-0.05, 0) is 61.4 Å². The van der Waals surface area contributed by atoms with Gasteiger partial charge in [0.2, 0.25) is 0 Å². The Bertz CT molecular complexity index is 1040. The van der Waals surface area contributed by atoms with Gasteiger partial charge >= 0.3 is 6.03 Å². The minimum Gasteiger partial charge on any atom is -0.322 e. The zero-order valence-corrected chi connectivity index (χ0v) is 16.3. The van der Waals surface area contributed by atoms with Crippen molar-refractivity contribution in [3.8, 4) is 0 Å². The van der Waals surface area contributed by atoms with Crippen molar-refractivity contribution in [3.05, 3.63) is 58.9 Å². The van der Waals surface area contributed by atoms with E-state index in [9.17, 15) is 14.4 Å². The van der Waals surface area contributed by atoms with Gasteiger partial charge in [-0.15, -0.1) is 0 Å². The van der Waals surface area contributed by atoms with Crippen LogP contribution in [0.3, 0.4) is 0 Å². The molecule has 2 aromatic rings. The lowest BCUT2D eigenvalue weighted by Crippen LogP contribution is -2.60. The van der Waals surface area contributed by atoms with Crippen molar-refractivity contribution in [3.63, 3.8) is 0 Å². The van der Waals surface area contributed by atoms with Crippen LogP contribution in [-0.2, 0) is 10.2 Å². The molecule has 2 saturated carbocycles. The second-order valence-electron chi connectivity index (χ2n) is 8.07. The average molecular weight is 411 g/mol. The molecule has 1 spiro atoms. The van der Waals surface area contributed by atoms with E-state index in [4.69, 9.17) is 11.6 Å². The summed E-state index contributed by atoms with van der Waals surface area (Å²) in [7, 11) is 0. The number of carbonyl (C=O) groups excluding carboxylic acids is 3. The summed E-state index contributed by atoms with van der Waals surface area (Å²) in [6.07, 6.45) is 4.77. The van der Waals surface area contributed by atoms with Gasteiger partial charge in [-0.2, -0.15) is 0 Å². The molecule has 8 heteroatoms. The Morgan fingerprint density at radius 3 is 2.72 bits per heavy atom. The third-order valence-corrected chi connectivity index (χ3v) is 6.92. The normalized spacial score (nSPS) is 29.8. The molecule has 2 heterocycles. The molecular formula is C21H19ClN4O3. The number of nitrogens with zero attached hydrogens (tertiary/aromatic N) is 1. The summed E-state index contributed by atoms with van der Waals surface area (Å²) in [5, 5.41) is 8.59. The van der Waals surface area contributed by atoms with Gasteiger partial charge in [0.1, 0.15) is 11.2 Å². The second kappa shape index (κ2) is 6.29. The maximum Gasteiger partial charge on any atom is 0.322 e. The molecule has 1 saturated heterocycles. The number of hydrogen-bond acceptors (Lipinski definition) is 4. The number of aromatic nitrogens is 1. The number of hydrogen-bond donors (Lipinski definition) is 3. The Morgan fingerprint density at radius 2 is 2.07 bits per heavy atom. The Morgan fingerprint density at radius 1 is 1.21 bits per heavy atom. The monoisotopic (exact) mass is 410 g/mol. The molecule has 2 bridgehead atoms. The maximum absolute atomic E-state index is 12.8. The first kappa shape index (κ1) is 18.1. The highest BCUT2D eigenvalue weighted by Gasteiger charge is 2.69. The molecule has 29 heavy (non-hydrogen) atoms. The summed E-state index contributed by atoms with van der Waals surface area (Å²) in [6.45, 7) is 0. The van der Waals surface area contributed by atoms with Gasteiger partial charge < -0.3 is 10.6 Å². The van der Waals surface area contributed by atoms with Crippen molar-refractivity contribution in [2.45, 2.75) is 36.6 Å². The molecule has 1 aromatic carbocycles. The van der Waals surface area contributed by atoms with Crippen LogP contribution in [0.5, 0.6) is 0 Å². The first-order valence-electron chi connectivity index (χ1n) is 9.60. The van der Waals surface area contributed by atoms with Crippen LogP contribution in [0.1, 0.15) is 41.7 Å². The van der Waals surface area contributed by atoms with E-state index in [0.717, 1.165) is 24.8 Å². The van der Waals surface area contributed by atoms with E-state index in [2.05, 4.69) is 20.9 Å². The number of nitrogens with one attached hydrogen (secondary N) is 3. The zero-order chi connectivity index (χ0) is 20.2. The van der Waals surface area contributed by atoms with Crippen LogP contribution in [0.4, 0.5) is 10.5 Å². The molecule has 3 fully saturated rings. The SMILES string of the molecule is O=C1NC(=O)C2(CC3CCC2(c2ccc(NC(=O)c4ccccn4)cc2Cl)C3)N1. The fraction of sp³-hybridized carbons (Fsp3) is 0.333. The van der Waals surface area contributed by atoms with E-state index >= 15 is 0 Å². The predicted molar refractivity (Wildman–Crippen MR) is 107 cm³/mol. The molecule has 4 amide bonds. The molecule has 5 rings (SSSR count). The smallest absolute Gasteiger partial charge is 0.322 e.